The Kier molecular flexibility index (Phi) is 5.75. The van der Waals surface area contributed by atoms with Crippen molar-refractivity contribution in [3.8, 4) is 11.5 Å². The molecule has 0 bridgehead atoms. The fourth-order valence-electron chi connectivity index (χ4n) is 3.75. The van der Waals surface area contributed by atoms with Crippen molar-refractivity contribution in [1.29, 1.82) is 0 Å². The van der Waals surface area contributed by atoms with Crippen LogP contribution >= 0.6 is 11.8 Å². The quantitative estimate of drug-likeness (QED) is 0.366. The predicted molar refractivity (Wildman–Crippen MR) is 122 cm³/mol. The number of fused-ring (bicyclic) bond motifs is 2. The van der Waals surface area contributed by atoms with Crippen LogP contribution in [0, 0.1) is 0 Å². The zero-order chi connectivity index (χ0) is 23.0. The van der Waals surface area contributed by atoms with Crippen LogP contribution in [0.15, 0.2) is 52.1 Å². The Labute approximate surface area is 195 Å². The Balaban J connectivity index is 1.22. The van der Waals surface area contributed by atoms with Gasteiger partial charge in [0.05, 0.1) is 17.2 Å². The zero-order valence-electron chi connectivity index (χ0n) is 17.8. The van der Waals surface area contributed by atoms with Crippen LogP contribution in [-0.2, 0) is 16.4 Å². The van der Waals surface area contributed by atoms with Crippen molar-refractivity contribution in [3.63, 3.8) is 0 Å². The molecule has 11 heteroatoms. The van der Waals surface area contributed by atoms with Crippen LogP contribution in [0.4, 0.5) is 5.69 Å². The molecule has 2 aliphatic rings. The number of hydrogen-bond donors (Lipinski definition) is 0. The van der Waals surface area contributed by atoms with Crippen LogP contribution in [0.5, 0.6) is 11.5 Å². The number of nitrogens with zero attached hydrogens (tertiary/aromatic N) is 3. The summed E-state index contributed by atoms with van der Waals surface area (Å²) >= 11 is 1.14. The summed E-state index contributed by atoms with van der Waals surface area (Å²) in [5.41, 5.74) is 2.04. The number of rotatable bonds is 7. The third-order valence-electron chi connectivity index (χ3n) is 5.49. The fourth-order valence-corrected chi connectivity index (χ4v) is 5.57. The van der Waals surface area contributed by atoms with E-state index in [-0.39, 0.29) is 35.0 Å². The van der Waals surface area contributed by atoms with Gasteiger partial charge in [0.25, 0.3) is 11.1 Å². The van der Waals surface area contributed by atoms with Gasteiger partial charge in [0.1, 0.15) is 6.61 Å². The molecule has 0 saturated carbocycles. The zero-order valence-corrected chi connectivity index (χ0v) is 19.4. The minimum Gasteiger partial charge on any atom is -0.485 e. The maximum Gasteiger partial charge on any atom is 0.277 e. The summed E-state index contributed by atoms with van der Waals surface area (Å²) in [6, 6.07) is 12.5. The van der Waals surface area contributed by atoms with Gasteiger partial charge in [-0.15, -0.1) is 10.2 Å². The summed E-state index contributed by atoms with van der Waals surface area (Å²) in [5, 5.41) is 8.30. The van der Waals surface area contributed by atoms with Crippen LogP contribution in [-0.4, -0.2) is 49.1 Å². The minimum absolute atomic E-state index is 0.0421. The summed E-state index contributed by atoms with van der Waals surface area (Å²) in [7, 11) is -3.32. The first-order valence-corrected chi connectivity index (χ1v) is 13.1. The average Bonchev–Trinajstić information content (AvgIpc) is 3.49. The number of anilines is 1. The molecule has 1 aromatic heterocycles. The highest BCUT2D eigenvalue weighted by atomic mass is 32.2. The SMILES string of the molecule is CCS(=O)(=O)N1CCc2cc(C(=O)CSc3nnc(C4COc5ccccc5O4)o3)ccc21. The number of carbonyl (C=O) groups excluding carboxylic acids is 1. The Morgan fingerprint density at radius 3 is 2.82 bits per heavy atom. The molecule has 0 aliphatic carbocycles. The molecule has 0 fully saturated rings. The lowest BCUT2D eigenvalue weighted by Crippen LogP contribution is -2.30. The van der Waals surface area contributed by atoms with E-state index in [0.29, 0.717) is 35.7 Å². The van der Waals surface area contributed by atoms with E-state index >= 15 is 0 Å². The van der Waals surface area contributed by atoms with Crippen molar-refractivity contribution < 1.29 is 27.1 Å². The van der Waals surface area contributed by atoms with E-state index in [1.807, 2.05) is 18.2 Å². The standard InChI is InChI=1S/C22H21N3O6S2/c1-2-33(27,28)25-10-9-14-11-15(7-8-16(14)25)17(26)13-32-22-24-23-21(31-22)20-12-29-18-5-3-4-6-19(18)30-20/h3-8,11,20H,2,9-10,12-13H2,1H3. The van der Waals surface area contributed by atoms with Crippen molar-refractivity contribution in [3.05, 3.63) is 59.5 Å². The molecule has 0 spiro atoms. The van der Waals surface area contributed by atoms with Crippen molar-refractivity contribution in [2.24, 2.45) is 0 Å². The number of sulfonamides is 1. The lowest BCUT2D eigenvalue weighted by atomic mass is 10.1. The molecule has 0 amide bonds. The van der Waals surface area contributed by atoms with Gasteiger partial charge in [-0.05, 0) is 49.2 Å². The summed E-state index contributed by atoms with van der Waals surface area (Å²) in [6.07, 6.45) is 0.0686. The van der Waals surface area contributed by atoms with Crippen LogP contribution in [0.25, 0.3) is 0 Å². The van der Waals surface area contributed by atoms with E-state index in [1.165, 1.54) is 4.31 Å². The molecular formula is C22H21N3O6S2. The summed E-state index contributed by atoms with van der Waals surface area (Å²) in [6.45, 7) is 2.28. The third-order valence-corrected chi connectivity index (χ3v) is 8.09. The number of thioether (sulfide) groups is 1. The van der Waals surface area contributed by atoms with Crippen LogP contribution in [0.1, 0.15) is 34.8 Å². The predicted octanol–water partition coefficient (Wildman–Crippen LogP) is 3.27. The van der Waals surface area contributed by atoms with Gasteiger partial charge in [-0.1, -0.05) is 23.9 Å². The van der Waals surface area contributed by atoms with Gasteiger partial charge >= 0.3 is 0 Å². The topological polar surface area (TPSA) is 112 Å². The number of ether oxygens (including phenoxy) is 2. The first-order valence-electron chi connectivity index (χ1n) is 10.5. The summed E-state index contributed by atoms with van der Waals surface area (Å²) in [5.74, 6) is 1.61. The van der Waals surface area contributed by atoms with Crippen LogP contribution in [0.3, 0.4) is 0 Å². The van der Waals surface area contributed by atoms with E-state index in [1.54, 1.807) is 31.2 Å². The van der Waals surface area contributed by atoms with Gasteiger partial charge < -0.3 is 13.9 Å². The third kappa shape index (κ3) is 4.30. The van der Waals surface area contributed by atoms with Gasteiger partial charge in [0.2, 0.25) is 16.1 Å². The number of ketones is 1. The largest absolute Gasteiger partial charge is 0.485 e. The van der Waals surface area contributed by atoms with E-state index in [2.05, 4.69) is 10.2 Å². The second-order valence-corrected chi connectivity index (χ2v) is 10.7. The minimum atomic E-state index is -3.32. The van der Waals surface area contributed by atoms with Crippen molar-refractivity contribution in [2.45, 2.75) is 24.7 Å². The lowest BCUT2D eigenvalue weighted by molar-refractivity contribution is 0.0686. The maximum atomic E-state index is 12.7. The molecule has 0 radical (unpaired) electrons. The van der Waals surface area contributed by atoms with Crippen molar-refractivity contribution in [2.75, 3.05) is 29.0 Å². The molecule has 3 aromatic rings. The van der Waals surface area contributed by atoms with Crippen LogP contribution < -0.4 is 13.8 Å². The van der Waals surface area contributed by atoms with Gasteiger partial charge in [0.15, 0.2) is 17.3 Å². The number of hydrogen-bond acceptors (Lipinski definition) is 9. The molecule has 172 valence electrons. The number of carbonyl (C=O) groups is 1. The van der Waals surface area contributed by atoms with Crippen LogP contribution in [0.2, 0.25) is 0 Å². The highest BCUT2D eigenvalue weighted by molar-refractivity contribution is 7.99. The van der Waals surface area contributed by atoms with E-state index in [4.69, 9.17) is 13.9 Å². The number of aromatic nitrogens is 2. The van der Waals surface area contributed by atoms with Gasteiger partial charge in [0, 0.05) is 12.1 Å². The smallest absolute Gasteiger partial charge is 0.277 e. The molecule has 0 saturated heterocycles. The Hall–Kier alpha value is -3.05. The second kappa shape index (κ2) is 8.71. The molecule has 5 rings (SSSR count). The summed E-state index contributed by atoms with van der Waals surface area (Å²) in [4.78, 5) is 12.7. The van der Waals surface area contributed by atoms with Crippen molar-refractivity contribution in [1.82, 2.24) is 10.2 Å². The number of para-hydroxylation sites is 2. The van der Waals surface area contributed by atoms with Gasteiger partial charge in [-0.3, -0.25) is 9.10 Å². The first-order chi connectivity index (χ1) is 15.9. The van der Waals surface area contributed by atoms with E-state index < -0.39 is 16.1 Å². The fraction of sp³-hybridized carbons (Fsp3) is 0.318. The molecule has 9 nitrogen and oxygen atoms in total. The molecule has 1 unspecified atom stereocenters. The molecule has 2 aromatic carbocycles. The van der Waals surface area contributed by atoms with E-state index in [0.717, 1.165) is 17.3 Å². The first kappa shape index (κ1) is 21.8. The number of Topliss-reactive ketones (excluding diaryl/α,β-unsaturated/α-hetero) is 1. The molecule has 1 atom stereocenters. The highest BCUT2D eigenvalue weighted by Gasteiger charge is 2.29. The Morgan fingerprint density at radius 2 is 2.00 bits per heavy atom. The van der Waals surface area contributed by atoms with E-state index in [9.17, 15) is 13.2 Å². The Morgan fingerprint density at radius 1 is 1.18 bits per heavy atom. The van der Waals surface area contributed by atoms with Gasteiger partial charge in [-0.2, -0.15) is 0 Å². The molecule has 3 heterocycles. The molecule has 2 aliphatic heterocycles. The van der Waals surface area contributed by atoms with Crippen molar-refractivity contribution >= 4 is 33.3 Å². The normalized spacial score (nSPS) is 17.1. The average molecular weight is 488 g/mol. The maximum absolute atomic E-state index is 12.7. The summed E-state index contributed by atoms with van der Waals surface area (Å²) < 4.78 is 43.1. The number of benzene rings is 2. The van der Waals surface area contributed by atoms with Gasteiger partial charge in [-0.25, -0.2) is 8.42 Å². The molecular weight excluding hydrogens is 466 g/mol. The highest BCUT2D eigenvalue weighted by Crippen LogP contribution is 2.36. The monoisotopic (exact) mass is 487 g/mol. The lowest BCUT2D eigenvalue weighted by Gasteiger charge is -2.23. The molecule has 33 heavy (non-hydrogen) atoms. The Bertz CT molecular complexity index is 1310. The second-order valence-electron chi connectivity index (χ2n) is 7.55. The molecule has 0 N–H and O–H groups in total.